The molecule has 1 aliphatic carbocycles. The lowest BCUT2D eigenvalue weighted by Crippen LogP contribution is -2.17. The van der Waals surface area contributed by atoms with Crippen molar-refractivity contribution in [3.63, 3.8) is 0 Å². The van der Waals surface area contributed by atoms with Gasteiger partial charge in [-0.15, -0.1) is 0 Å². The molecule has 1 fully saturated rings. The van der Waals surface area contributed by atoms with Crippen LogP contribution in [0.15, 0.2) is 6.20 Å². The number of anilines is 1. The number of nitrogens with one attached hydrogen (secondary N) is 2. The van der Waals surface area contributed by atoms with Gasteiger partial charge in [-0.1, -0.05) is 0 Å². The largest absolute Gasteiger partial charge is 0.383 e. The van der Waals surface area contributed by atoms with Gasteiger partial charge in [0.2, 0.25) is 5.95 Å². The predicted molar refractivity (Wildman–Crippen MR) is 67.0 cm³/mol. The Hall–Kier alpha value is -1.20. The van der Waals surface area contributed by atoms with Crippen LogP contribution in [0.25, 0.3) is 0 Å². The monoisotopic (exact) mass is 236 g/mol. The zero-order valence-corrected chi connectivity index (χ0v) is 10.5. The van der Waals surface area contributed by atoms with Crippen LogP contribution < -0.4 is 10.6 Å². The molecular formula is C12H20N4O. The zero-order chi connectivity index (χ0) is 12.1. The normalized spacial score (nSPS) is 14.9. The summed E-state index contributed by atoms with van der Waals surface area (Å²) in [5.74, 6) is 0.676. The minimum atomic E-state index is 0.660. The fraction of sp³-hybridized carbons (Fsp3) is 0.667. The molecule has 2 rings (SSSR count). The minimum absolute atomic E-state index is 0.660. The highest BCUT2D eigenvalue weighted by Crippen LogP contribution is 2.19. The maximum atomic E-state index is 4.96. The van der Waals surface area contributed by atoms with Crippen LogP contribution in [-0.4, -0.2) is 36.3 Å². The first-order valence-electron chi connectivity index (χ1n) is 6.08. The second-order valence-corrected chi connectivity index (χ2v) is 4.38. The molecule has 17 heavy (non-hydrogen) atoms. The third-order valence-corrected chi connectivity index (χ3v) is 2.83. The Morgan fingerprint density at radius 3 is 2.94 bits per heavy atom. The number of nitrogens with zero attached hydrogens (tertiary/aromatic N) is 2. The van der Waals surface area contributed by atoms with Gasteiger partial charge in [0.15, 0.2) is 0 Å². The number of methoxy groups -OCH3 is 1. The highest BCUT2D eigenvalue weighted by molar-refractivity contribution is 5.29. The number of rotatable bonds is 7. The highest BCUT2D eigenvalue weighted by Gasteiger charge is 2.20. The molecule has 0 unspecified atom stereocenters. The smallest absolute Gasteiger partial charge is 0.222 e. The molecule has 0 spiro atoms. The second-order valence-electron chi connectivity index (χ2n) is 4.38. The summed E-state index contributed by atoms with van der Waals surface area (Å²) in [6.07, 6.45) is 4.50. The van der Waals surface area contributed by atoms with E-state index in [-0.39, 0.29) is 0 Å². The van der Waals surface area contributed by atoms with Gasteiger partial charge in [0.05, 0.1) is 6.61 Å². The fourth-order valence-corrected chi connectivity index (χ4v) is 1.56. The summed E-state index contributed by atoms with van der Waals surface area (Å²) in [4.78, 5) is 8.72. The second kappa shape index (κ2) is 5.93. The Bertz CT molecular complexity index is 366. The third kappa shape index (κ3) is 3.94. The van der Waals surface area contributed by atoms with Crippen LogP contribution in [0.4, 0.5) is 5.95 Å². The van der Waals surface area contributed by atoms with E-state index in [0.29, 0.717) is 18.6 Å². The molecule has 2 N–H and O–H groups in total. The van der Waals surface area contributed by atoms with Crippen LogP contribution in [0.1, 0.15) is 24.1 Å². The van der Waals surface area contributed by atoms with Gasteiger partial charge in [-0.05, 0) is 19.8 Å². The van der Waals surface area contributed by atoms with Gasteiger partial charge in [0.25, 0.3) is 0 Å². The number of hydrogen-bond donors (Lipinski definition) is 2. The first-order chi connectivity index (χ1) is 8.29. The molecular weight excluding hydrogens is 216 g/mol. The summed E-state index contributed by atoms with van der Waals surface area (Å²) >= 11 is 0. The molecule has 5 heteroatoms. The van der Waals surface area contributed by atoms with Crippen molar-refractivity contribution in [2.75, 3.05) is 25.6 Å². The van der Waals surface area contributed by atoms with Gasteiger partial charge in [-0.3, -0.25) is 0 Å². The Morgan fingerprint density at radius 1 is 1.47 bits per heavy atom. The molecule has 0 aromatic carbocycles. The summed E-state index contributed by atoms with van der Waals surface area (Å²) in [5.41, 5.74) is 2.21. The molecule has 1 aromatic heterocycles. The average molecular weight is 236 g/mol. The predicted octanol–water partition coefficient (Wildman–Crippen LogP) is 1.10. The van der Waals surface area contributed by atoms with Gasteiger partial charge >= 0.3 is 0 Å². The van der Waals surface area contributed by atoms with Crippen LogP contribution in [0.2, 0.25) is 0 Å². The van der Waals surface area contributed by atoms with Gasteiger partial charge in [-0.2, -0.15) is 0 Å². The molecule has 5 nitrogen and oxygen atoms in total. The summed E-state index contributed by atoms with van der Waals surface area (Å²) in [5, 5.41) is 6.59. The van der Waals surface area contributed by atoms with Gasteiger partial charge in [-0.25, -0.2) is 9.97 Å². The molecule has 94 valence electrons. The lowest BCUT2D eigenvalue weighted by Gasteiger charge is -2.08. The topological polar surface area (TPSA) is 59.1 Å². The molecule has 1 heterocycles. The third-order valence-electron chi connectivity index (χ3n) is 2.83. The van der Waals surface area contributed by atoms with E-state index in [1.165, 1.54) is 18.4 Å². The molecule has 0 bridgehead atoms. The average Bonchev–Trinajstić information content (AvgIpc) is 3.12. The van der Waals surface area contributed by atoms with Crippen molar-refractivity contribution < 1.29 is 4.74 Å². The molecule has 0 atom stereocenters. The molecule has 0 saturated heterocycles. The van der Waals surface area contributed by atoms with Crippen LogP contribution >= 0.6 is 0 Å². The Labute approximate surface area is 102 Å². The SMILES string of the molecule is COCCNc1ncc(CNC2CC2)c(C)n1. The molecule has 0 radical (unpaired) electrons. The van der Waals surface area contributed by atoms with Crippen molar-refractivity contribution in [1.82, 2.24) is 15.3 Å². The van der Waals surface area contributed by atoms with E-state index in [4.69, 9.17) is 4.74 Å². The number of aryl methyl sites for hydroxylation is 1. The summed E-state index contributed by atoms with van der Waals surface area (Å²) in [7, 11) is 1.68. The van der Waals surface area contributed by atoms with Crippen LogP contribution in [0.5, 0.6) is 0 Å². The van der Waals surface area contributed by atoms with Crippen molar-refractivity contribution >= 4 is 5.95 Å². The lowest BCUT2D eigenvalue weighted by molar-refractivity contribution is 0.210. The molecule has 1 aliphatic rings. The number of aromatic nitrogens is 2. The molecule has 0 amide bonds. The standard InChI is InChI=1S/C12H20N4O/c1-9-10(7-14-11-3-4-11)8-15-12(16-9)13-5-6-17-2/h8,11,14H,3-7H2,1-2H3,(H,13,15,16). The fourth-order valence-electron chi connectivity index (χ4n) is 1.56. The van der Waals surface area contributed by atoms with E-state index < -0.39 is 0 Å². The lowest BCUT2D eigenvalue weighted by atomic mass is 10.2. The summed E-state index contributed by atoms with van der Waals surface area (Å²) < 4.78 is 4.96. The first kappa shape index (κ1) is 12.3. The maximum absolute atomic E-state index is 4.96. The van der Waals surface area contributed by atoms with E-state index in [2.05, 4.69) is 20.6 Å². The van der Waals surface area contributed by atoms with E-state index in [1.807, 2.05) is 13.1 Å². The van der Waals surface area contributed by atoms with Crippen LogP contribution in [0, 0.1) is 6.92 Å². The van der Waals surface area contributed by atoms with E-state index in [1.54, 1.807) is 7.11 Å². The van der Waals surface area contributed by atoms with Gasteiger partial charge in [0.1, 0.15) is 0 Å². The summed E-state index contributed by atoms with van der Waals surface area (Å²) in [6.45, 7) is 4.28. The highest BCUT2D eigenvalue weighted by atomic mass is 16.5. The van der Waals surface area contributed by atoms with Crippen molar-refractivity contribution in [3.05, 3.63) is 17.5 Å². The van der Waals surface area contributed by atoms with Crippen LogP contribution in [0.3, 0.4) is 0 Å². The van der Waals surface area contributed by atoms with Crippen molar-refractivity contribution in [1.29, 1.82) is 0 Å². The van der Waals surface area contributed by atoms with E-state index in [0.717, 1.165) is 18.8 Å². The van der Waals surface area contributed by atoms with Gasteiger partial charge < -0.3 is 15.4 Å². The van der Waals surface area contributed by atoms with Crippen LogP contribution in [-0.2, 0) is 11.3 Å². The van der Waals surface area contributed by atoms with E-state index in [9.17, 15) is 0 Å². The van der Waals surface area contributed by atoms with E-state index >= 15 is 0 Å². The zero-order valence-electron chi connectivity index (χ0n) is 10.5. The molecule has 1 aromatic rings. The summed E-state index contributed by atoms with van der Waals surface area (Å²) in [6, 6.07) is 0.717. The minimum Gasteiger partial charge on any atom is -0.383 e. The number of ether oxygens (including phenoxy) is 1. The Morgan fingerprint density at radius 2 is 2.29 bits per heavy atom. The van der Waals surface area contributed by atoms with Gasteiger partial charge in [0, 0.05) is 43.7 Å². The van der Waals surface area contributed by atoms with Crippen molar-refractivity contribution in [2.45, 2.75) is 32.4 Å². The maximum Gasteiger partial charge on any atom is 0.222 e. The van der Waals surface area contributed by atoms with Crippen molar-refractivity contribution in [2.24, 2.45) is 0 Å². The Kier molecular flexibility index (Phi) is 4.28. The van der Waals surface area contributed by atoms with Crippen molar-refractivity contribution in [3.8, 4) is 0 Å². The molecule has 1 saturated carbocycles. The Balaban J connectivity index is 1.85. The quantitative estimate of drug-likeness (QED) is 0.694. The number of hydrogen-bond acceptors (Lipinski definition) is 5. The first-order valence-corrected chi connectivity index (χ1v) is 6.08. The molecule has 0 aliphatic heterocycles.